The first-order valence-electron chi connectivity index (χ1n) is 4.04. The van der Waals surface area contributed by atoms with Gasteiger partial charge in [-0.25, -0.2) is 0 Å². The molecule has 13 heavy (non-hydrogen) atoms. The largest absolute Gasteiger partial charge is 0.497 e. The van der Waals surface area contributed by atoms with Crippen molar-refractivity contribution in [2.75, 3.05) is 14.2 Å². The fraction of sp³-hybridized carbons (Fsp3) is 0.300. The molecule has 0 radical (unpaired) electrons. The number of rotatable bonds is 4. The normalized spacial score (nSPS) is 9.38. The van der Waals surface area contributed by atoms with E-state index < -0.39 is 0 Å². The van der Waals surface area contributed by atoms with Gasteiger partial charge in [0.25, 0.3) is 0 Å². The summed E-state index contributed by atoms with van der Waals surface area (Å²) in [7, 11) is 3.38. The molecule has 0 aliphatic heterocycles. The Morgan fingerprint density at radius 2 is 2.00 bits per heavy atom. The standard InChI is InChI=1S/C10H13NO2/c1-11(8-12)7-9-3-5-10(13-2)6-4-9/h3-6,8H,7H2,1-2H3. The Hall–Kier alpha value is -1.51. The van der Waals surface area contributed by atoms with E-state index in [0.717, 1.165) is 17.7 Å². The smallest absolute Gasteiger partial charge is 0.209 e. The van der Waals surface area contributed by atoms with E-state index in [0.29, 0.717) is 6.54 Å². The second-order valence-electron chi connectivity index (χ2n) is 2.87. The van der Waals surface area contributed by atoms with Crippen LogP contribution < -0.4 is 4.74 Å². The first-order valence-corrected chi connectivity index (χ1v) is 4.04. The van der Waals surface area contributed by atoms with Crippen LogP contribution in [0.2, 0.25) is 0 Å². The van der Waals surface area contributed by atoms with E-state index in [-0.39, 0.29) is 0 Å². The first-order chi connectivity index (χ1) is 6.26. The minimum Gasteiger partial charge on any atom is -0.497 e. The number of hydrogen-bond donors (Lipinski definition) is 0. The highest BCUT2D eigenvalue weighted by Gasteiger charge is 1.96. The van der Waals surface area contributed by atoms with Gasteiger partial charge in [0, 0.05) is 13.6 Å². The molecular formula is C10H13NO2. The summed E-state index contributed by atoms with van der Waals surface area (Å²) in [5.41, 5.74) is 1.09. The van der Waals surface area contributed by atoms with Gasteiger partial charge in [0.15, 0.2) is 0 Å². The summed E-state index contributed by atoms with van der Waals surface area (Å²) in [6.45, 7) is 0.632. The fourth-order valence-electron chi connectivity index (χ4n) is 1.06. The predicted octanol–water partition coefficient (Wildman–Crippen LogP) is 1.28. The molecule has 0 saturated heterocycles. The van der Waals surface area contributed by atoms with E-state index in [1.54, 1.807) is 19.1 Å². The summed E-state index contributed by atoms with van der Waals surface area (Å²) in [5, 5.41) is 0. The monoisotopic (exact) mass is 179 g/mol. The van der Waals surface area contributed by atoms with E-state index in [2.05, 4.69) is 0 Å². The number of carbonyl (C=O) groups excluding carboxylic acids is 1. The highest BCUT2D eigenvalue weighted by molar-refractivity contribution is 5.46. The van der Waals surface area contributed by atoms with E-state index in [1.165, 1.54) is 0 Å². The van der Waals surface area contributed by atoms with Gasteiger partial charge in [0.05, 0.1) is 7.11 Å². The molecule has 70 valence electrons. The molecule has 0 aliphatic carbocycles. The first kappa shape index (κ1) is 9.58. The van der Waals surface area contributed by atoms with Crippen LogP contribution in [0.3, 0.4) is 0 Å². The lowest BCUT2D eigenvalue weighted by atomic mass is 10.2. The van der Waals surface area contributed by atoms with Crippen LogP contribution in [-0.2, 0) is 11.3 Å². The quantitative estimate of drug-likeness (QED) is 0.652. The van der Waals surface area contributed by atoms with Crippen molar-refractivity contribution in [3.63, 3.8) is 0 Å². The lowest BCUT2D eigenvalue weighted by Crippen LogP contribution is -2.14. The number of nitrogens with zero attached hydrogens (tertiary/aromatic N) is 1. The molecule has 0 unspecified atom stereocenters. The second-order valence-corrected chi connectivity index (χ2v) is 2.87. The van der Waals surface area contributed by atoms with E-state index in [4.69, 9.17) is 4.74 Å². The van der Waals surface area contributed by atoms with Gasteiger partial charge >= 0.3 is 0 Å². The fourth-order valence-corrected chi connectivity index (χ4v) is 1.06. The Morgan fingerprint density at radius 1 is 1.38 bits per heavy atom. The van der Waals surface area contributed by atoms with Crippen LogP contribution in [-0.4, -0.2) is 25.5 Å². The molecule has 0 fully saturated rings. The molecule has 0 N–H and O–H groups in total. The van der Waals surface area contributed by atoms with Gasteiger partial charge in [-0.3, -0.25) is 4.79 Å². The average Bonchev–Trinajstić information content (AvgIpc) is 2.19. The molecule has 0 bridgehead atoms. The van der Waals surface area contributed by atoms with Gasteiger partial charge in [-0.1, -0.05) is 12.1 Å². The van der Waals surface area contributed by atoms with Gasteiger partial charge in [-0.05, 0) is 17.7 Å². The summed E-state index contributed by atoms with van der Waals surface area (Å²) in [6.07, 6.45) is 0.810. The average molecular weight is 179 g/mol. The van der Waals surface area contributed by atoms with E-state index in [9.17, 15) is 4.79 Å². The molecule has 0 heterocycles. The van der Waals surface area contributed by atoms with Crippen LogP contribution in [0.1, 0.15) is 5.56 Å². The molecule has 0 atom stereocenters. The summed E-state index contributed by atoms with van der Waals surface area (Å²) >= 11 is 0. The topological polar surface area (TPSA) is 29.5 Å². The highest BCUT2D eigenvalue weighted by Crippen LogP contribution is 2.11. The molecule has 3 heteroatoms. The van der Waals surface area contributed by atoms with Gasteiger partial charge in [-0.2, -0.15) is 0 Å². The van der Waals surface area contributed by atoms with Crippen molar-refractivity contribution < 1.29 is 9.53 Å². The number of amides is 1. The Balaban J connectivity index is 2.63. The summed E-state index contributed by atoms with van der Waals surface area (Å²) < 4.78 is 5.02. The summed E-state index contributed by atoms with van der Waals surface area (Å²) in [6, 6.07) is 7.65. The van der Waals surface area contributed by atoms with Crippen molar-refractivity contribution in [3.8, 4) is 5.75 Å². The third-order valence-electron chi connectivity index (χ3n) is 1.77. The maximum atomic E-state index is 10.3. The summed E-state index contributed by atoms with van der Waals surface area (Å²) in [4.78, 5) is 11.9. The van der Waals surface area contributed by atoms with Crippen molar-refractivity contribution >= 4 is 6.41 Å². The molecular weight excluding hydrogens is 166 g/mol. The molecule has 0 aromatic heterocycles. The van der Waals surface area contributed by atoms with Crippen LogP contribution in [0.15, 0.2) is 24.3 Å². The zero-order valence-electron chi connectivity index (χ0n) is 7.86. The second kappa shape index (κ2) is 4.50. The number of carbonyl (C=O) groups is 1. The van der Waals surface area contributed by atoms with Crippen molar-refractivity contribution in [2.24, 2.45) is 0 Å². The number of ether oxygens (including phenoxy) is 1. The Bertz CT molecular complexity index is 269. The third kappa shape index (κ3) is 2.78. The lowest BCUT2D eigenvalue weighted by Gasteiger charge is -2.10. The van der Waals surface area contributed by atoms with Crippen LogP contribution in [0.4, 0.5) is 0 Å². The molecule has 0 saturated carbocycles. The zero-order chi connectivity index (χ0) is 9.68. The van der Waals surface area contributed by atoms with Crippen molar-refractivity contribution in [1.82, 2.24) is 4.90 Å². The Labute approximate surface area is 77.9 Å². The Morgan fingerprint density at radius 3 is 2.46 bits per heavy atom. The van der Waals surface area contributed by atoms with Gasteiger partial charge < -0.3 is 9.64 Å². The lowest BCUT2D eigenvalue weighted by molar-refractivity contribution is -0.117. The minimum atomic E-state index is 0.632. The van der Waals surface area contributed by atoms with Gasteiger partial charge in [-0.15, -0.1) is 0 Å². The molecule has 3 nitrogen and oxygen atoms in total. The number of hydrogen-bond acceptors (Lipinski definition) is 2. The van der Waals surface area contributed by atoms with Crippen LogP contribution >= 0.6 is 0 Å². The van der Waals surface area contributed by atoms with Crippen molar-refractivity contribution in [2.45, 2.75) is 6.54 Å². The van der Waals surface area contributed by atoms with Crippen LogP contribution in [0.5, 0.6) is 5.75 Å². The maximum Gasteiger partial charge on any atom is 0.209 e. The minimum absolute atomic E-state index is 0.632. The van der Waals surface area contributed by atoms with Gasteiger partial charge in [0.1, 0.15) is 5.75 Å². The highest BCUT2D eigenvalue weighted by atomic mass is 16.5. The van der Waals surface area contributed by atoms with Crippen molar-refractivity contribution in [1.29, 1.82) is 0 Å². The van der Waals surface area contributed by atoms with Gasteiger partial charge in [0.2, 0.25) is 6.41 Å². The van der Waals surface area contributed by atoms with E-state index in [1.807, 2.05) is 24.3 Å². The SMILES string of the molecule is COc1ccc(CN(C)C=O)cc1. The predicted molar refractivity (Wildman–Crippen MR) is 50.5 cm³/mol. The zero-order valence-corrected chi connectivity index (χ0v) is 7.86. The number of benzene rings is 1. The molecule has 0 spiro atoms. The molecule has 1 rings (SSSR count). The number of methoxy groups -OCH3 is 1. The van der Waals surface area contributed by atoms with E-state index >= 15 is 0 Å². The Kier molecular flexibility index (Phi) is 3.31. The third-order valence-corrected chi connectivity index (χ3v) is 1.77. The summed E-state index contributed by atoms with van der Waals surface area (Å²) in [5.74, 6) is 0.831. The molecule has 0 aliphatic rings. The van der Waals surface area contributed by atoms with Crippen molar-refractivity contribution in [3.05, 3.63) is 29.8 Å². The van der Waals surface area contributed by atoms with Crippen LogP contribution in [0, 0.1) is 0 Å². The maximum absolute atomic E-state index is 10.3. The molecule has 1 aromatic rings. The molecule has 1 amide bonds. The molecule has 1 aromatic carbocycles. The van der Waals surface area contributed by atoms with Crippen LogP contribution in [0.25, 0.3) is 0 Å².